The number of amides is 1. The minimum Gasteiger partial charge on any atom is -0.508 e. The fraction of sp³-hybridized carbons (Fsp3) is 0.0667. The van der Waals surface area contributed by atoms with Gasteiger partial charge in [-0.05, 0) is 12.1 Å². The maximum atomic E-state index is 12.4. The molecule has 0 atom stereocenters. The highest BCUT2D eigenvalue weighted by molar-refractivity contribution is 6.08. The number of phenolic OH excluding ortho intramolecular Hbond substituents is 3. The number of nitrogens with zero attached hydrogens (tertiary/aromatic N) is 1. The first-order valence-electron chi connectivity index (χ1n) is 6.31. The average molecular weight is 319 g/mol. The van der Waals surface area contributed by atoms with Crippen LogP contribution in [0.15, 0.2) is 30.3 Å². The zero-order chi connectivity index (χ0) is 17.3. The molecule has 23 heavy (non-hydrogen) atoms. The number of aromatic hydroxyl groups is 4. The number of carbonyl (C=O) groups is 2. The van der Waals surface area contributed by atoms with E-state index >= 15 is 0 Å². The van der Waals surface area contributed by atoms with E-state index in [0.29, 0.717) is 0 Å². The van der Waals surface area contributed by atoms with Crippen molar-refractivity contribution < 1.29 is 35.1 Å². The Hall–Kier alpha value is -3.42. The highest BCUT2D eigenvalue weighted by Gasteiger charge is 2.22. The number of carboxylic acids is 1. The Kier molecular flexibility index (Phi) is 4.00. The zero-order valence-corrected chi connectivity index (χ0v) is 11.9. The molecule has 2 aromatic carbocycles. The Labute approximate surface area is 130 Å². The molecule has 120 valence electrons. The number of hydrogen-bond acceptors (Lipinski definition) is 6. The topological polar surface area (TPSA) is 139 Å². The molecule has 0 saturated carbocycles. The second-order valence-electron chi connectivity index (χ2n) is 4.76. The van der Waals surface area contributed by atoms with Gasteiger partial charge in [-0.25, -0.2) is 4.79 Å². The van der Waals surface area contributed by atoms with Crippen LogP contribution >= 0.6 is 0 Å². The molecule has 2 rings (SSSR count). The monoisotopic (exact) mass is 319 g/mol. The van der Waals surface area contributed by atoms with Crippen molar-refractivity contribution in [3.05, 3.63) is 41.5 Å². The molecule has 8 nitrogen and oxygen atoms in total. The van der Waals surface area contributed by atoms with Crippen LogP contribution in [0, 0.1) is 0 Å². The predicted octanol–water partition coefficient (Wildman–Crippen LogP) is 1.48. The van der Waals surface area contributed by atoms with Crippen LogP contribution in [0.3, 0.4) is 0 Å². The van der Waals surface area contributed by atoms with Crippen LogP contribution in [0.5, 0.6) is 23.0 Å². The second-order valence-corrected chi connectivity index (χ2v) is 4.76. The molecule has 8 heteroatoms. The molecule has 1 amide bonds. The molecule has 0 aliphatic rings. The zero-order valence-electron chi connectivity index (χ0n) is 11.9. The normalized spacial score (nSPS) is 10.3. The molecule has 0 spiro atoms. The van der Waals surface area contributed by atoms with Gasteiger partial charge in [0, 0.05) is 25.2 Å². The largest absolute Gasteiger partial charge is 0.508 e. The molecule has 0 bridgehead atoms. The summed E-state index contributed by atoms with van der Waals surface area (Å²) in [5, 5.41) is 47.2. The molecular formula is C15H13NO7. The van der Waals surface area contributed by atoms with Crippen LogP contribution in [0.1, 0.15) is 20.7 Å². The molecule has 0 heterocycles. The Balaban J connectivity index is 2.44. The third-order valence-corrected chi connectivity index (χ3v) is 3.15. The van der Waals surface area contributed by atoms with Gasteiger partial charge >= 0.3 is 5.97 Å². The lowest BCUT2D eigenvalue weighted by Crippen LogP contribution is -2.26. The van der Waals surface area contributed by atoms with Crippen molar-refractivity contribution in [1.82, 2.24) is 0 Å². The van der Waals surface area contributed by atoms with Gasteiger partial charge in [0.2, 0.25) is 0 Å². The average Bonchev–Trinajstić information content (AvgIpc) is 2.46. The van der Waals surface area contributed by atoms with Crippen molar-refractivity contribution >= 4 is 17.6 Å². The van der Waals surface area contributed by atoms with E-state index in [2.05, 4.69) is 0 Å². The summed E-state index contributed by atoms with van der Waals surface area (Å²) in [6.07, 6.45) is 0. The first kappa shape index (κ1) is 16.0. The van der Waals surface area contributed by atoms with Crippen LogP contribution in [-0.2, 0) is 0 Å². The van der Waals surface area contributed by atoms with Crippen LogP contribution in [0.25, 0.3) is 0 Å². The maximum Gasteiger partial charge on any atom is 0.339 e. The van der Waals surface area contributed by atoms with Crippen LogP contribution < -0.4 is 4.90 Å². The molecule has 0 aliphatic heterocycles. The molecule has 0 fully saturated rings. The lowest BCUT2D eigenvalue weighted by molar-refractivity contribution is 0.0692. The van der Waals surface area contributed by atoms with Crippen molar-refractivity contribution in [3.63, 3.8) is 0 Å². The second kappa shape index (κ2) is 5.76. The Morgan fingerprint density at radius 3 is 1.83 bits per heavy atom. The fourth-order valence-corrected chi connectivity index (χ4v) is 1.99. The van der Waals surface area contributed by atoms with Gasteiger partial charge < -0.3 is 30.4 Å². The molecule has 0 aliphatic carbocycles. The smallest absolute Gasteiger partial charge is 0.339 e. The lowest BCUT2D eigenvalue weighted by Gasteiger charge is -2.19. The summed E-state index contributed by atoms with van der Waals surface area (Å²) in [4.78, 5) is 24.2. The third kappa shape index (κ3) is 3.10. The summed E-state index contributed by atoms with van der Waals surface area (Å²) in [5.41, 5.74) is -0.747. The van der Waals surface area contributed by atoms with Crippen molar-refractivity contribution in [2.24, 2.45) is 0 Å². The standard InChI is InChI=1S/C15H13NO7/c1-16(7-2-8(17)4-9(18)3-7)14(21)10-5-13(20)11(15(22)23)6-12(10)19/h2-6,17-20H,1H3,(H,22,23). The number of rotatable bonds is 3. The first-order chi connectivity index (χ1) is 10.7. The Morgan fingerprint density at radius 2 is 1.30 bits per heavy atom. The van der Waals surface area contributed by atoms with E-state index in [1.54, 1.807) is 0 Å². The van der Waals surface area contributed by atoms with Gasteiger partial charge in [-0.15, -0.1) is 0 Å². The van der Waals surface area contributed by atoms with E-state index in [1.807, 2.05) is 0 Å². The summed E-state index contributed by atoms with van der Waals surface area (Å²) in [5.74, 6) is -4.07. The van der Waals surface area contributed by atoms with Crippen molar-refractivity contribution in [2.75, 3.05) is 11.9 Å². The fourth-order valence-electron chi connectivity index (χ4n) is 1.99. The summed E-state index contributed by atoms with van der Waals surface area (Å²) in [6, 6.07) is 5.09. The van der Waals surface area contributed by atoms with Crippen molar-refractivity contribution in [1.29, 1.82) is 0 Å². The molecule has 2 aromatic rings. The molecule has 0 unspecified atom stereocenters. The van der Waals surface area contributed by atoms with E-state index in [-0.39, 0.29) is 22.7 Å². The lowest BCUT2D eigenvalue weighted by atomic mass is 10.1. The van der Waals surface area contributed by atoms with Gasteiger partial charge in [0.1, 0.15) is 28.6 Å². The van der Waals surface area contributed by atoms with Crippen LogP contribution in [0.2, 0.25) is 0 Å². The quantitative estimate of drug-likeness (QED) is 0.540. The van der Waals surface area contributed by atoms with E-state index in [4.69, 9.17) is 5.11 Å². The summed E-state index contributed by atoms with van der Waals surface area (Å²) >= 11 is 0. The maximum absolute atomic E-state index is 12.4. The Morgan fingerprint density at radius 1 is 0.826 bits per heavy atom. The molecule has 0 saturated heterocycles. The predicted molar refractivity (Wildman–Crippen MR) is 79.2 cm³/mol. The highest BCUT2D eigenvalue weighted by Crippen LogP contribution is 2.31. The summed E-state index contributed by atoms with van der Waals surface area (Å²) in [7, 11) is 1.32. The molecular weight excluding hydrogens is 306 g/mol. The number of aromatic carboxylic acids is 1. The number of benzene rings is 2. The first-order valence-corrected chi connectivity index (χ1v) is 6.31. The van der Waals surface area contributed by atoms with E-state index in [9.17, 15) is 30.0 Å². The van der Waals surface area contributed by atoms with Crippen molar-refractivity contribution in [2.45, 2.75) is 0 Å². The minimum atomic E-state index is -1.46. The van der Waals surface area contributed by atoms with Gasteiger partial charge in [0.15, 0.2) is 0 Å². The minimum absolute atomic E-state index is 0.133. The summed E-state index contributed by atoms with van der Waals surface area (Å²) in [6.45, 7) is 0. The van der Waals surface area contributed by atoms with Gasteiger partial charge in [-0.1, -0.05) is 0 Å². The van der Waals surface area contributed by atoms with Crippen molar-refractivity contribution in [3.8, 4) is 23.0 Å². The van der Waals surface area contributed by atoms with Crippen LogP contribution in [-0.4, -0.2) is 44.5 Å². The number of phenols is 4. The van der Waals surface area contributed by atoms with Crippen LogP contribution in [0.4, 0.5) is 5.69 Å². The molecule has 0 radical (unpaired) electrons. The van der Waals surface area contributed by atoms with Gasteiger partial charge in [0.05, 0.1) is 11.3 Å². The number of anilines is 1. The van der Waals surface area contributed by atoms with E-state index in [1.165, 1.54) is 19.2 Å². The Bertz CT molecular complexity index is 780. The molecule has 0 aromatic heterocycles. The SMILES string of the molecule is CN(C(=O)c1cc(O)c(C(=O)O)cc1O)c1cc(O)cc(O)c1. The van der Waals surface area contributed by atoms with Gasteiger partial charge in [-0.2, -0.15) is 0 Å². The van der Waals surface area contributed by atoms with E-state index < -0.39 is 28.9 Å². The summed E-state index contributed by atoms with van der Waals surface area (Å²) < 4.78 is 0. The number of carboxylic acid groups (broad SMARTS) is 1. The van der Waals surface area contributed by atoms with E-state index in [0.717, 1.165) is 23.1 Å². The third-order valence-electron chi connectivity index (χ3n) is 3.15. The van der Waals surface area contributed by atoms with Gasteiger partial charge in [-0.3, -0.25) is 4.79 Å². The molecule has 5 N–H and O–H groups in total. The highest BCUT2D eigenvalue weighted by atomic mass is 16.4. The number of hydrogen-bond donors (Lipinski definition) is 5. The number of carbonyl (C=O) groups excluding carboxylic acids is 1. The van der Waals surface area contributed by atoms with Gasteiger partial charge in [0.25, 0.3) is 5.91 Å².